The van der Waals surface area contributed by atoms with Crippen LogP contribution in [0.25, 0.3) is 11.4 Å². The van der Waals surface area contributed by atoms with Crippen molar-refractivity contribution in [3.8, 4) is 11.4 Å². The van der Waals surface area contributed by atoms with Crippen LogP contribution in [0.5, 0.6) is 0 Å². The summed E-state index contributed by atoms with van der Waals surface area (Å²) in [5, 5.41) is 12.8. The zero-order chi connectivity index (χ0) is 17.2. The fraction of sp³-hybridized carbons (Fsp3) is 0.125. The molecule has 0 spiro atoms. The molecule has 9 heteroatoms. The summed E-state index contributed by atoms with van der Waals surface area (Å²) in [6.07, 6.45) is 6.48. The lowest BCUT2D eigenvalue weighted by atomic mass is 10.2. The maximum Gasteiger partial charge on any atom is 0.227 e. The molecular weight excluding hydrogens is 320 g/mol. The van der Waals surface area contributed by atoms with Gasteiger partial charge >= 0.3 is 0 Å². The van der Waals surface area contributed by atoms with Crippen LogP contribution in [0, 0.1) is 0 Å². The topological polar surface area (TPSA) is 101 Å². The van der Waals surface area contributed by atoms with Crippen LogP contribution in [-0.4, -0.2) is 43.3 Å². The number of ketones is 1. The Morgan fingerprint density at radius 2 is 2.04 bits per heavy atom. The average molecular weight is 334 g/mol. The van der Waals surface area contributed by atoms with E-state index in [-0.39, 0.29) is 12.3 Å². The van der Waals surface area contributed by atoms with Crippen molar-refractivity contribution in [3.63, 3.8) is 0 Å². The van der Waals surface area contributed by atoms with E-state index in [9.17, 15) is 4.79 Å². The molecule has 1 N–H and O–H groups in total. The minimum atomic E-state index is -0.0443. The molecule has 0 radical (unpaired) electrons. The first kappa shape index (κ1) is 14.9. The van der Waals surface area contributed by atoms with Crippen LogP contribution in [0.3, 0.4) is 0 Å². The largest absolute Gasteiger partial charge is 0.321 e. The van der Waals surface area contributed by atoms with E-state index < -0.39 is 0 Å². The Balaban J connectivity index is 1.60. The Hall–Kier alpha value is -3.62. The molecule has 0 atom stereocenters. The number of aryl methyl sites for hydroxylation is 1. The summed E-state index contributed by atoms with van der Waals surface area (Å²) >= 11 is 0. The minimum absolute atomic E-state index is 0.0443. The van der Waals surface area contributed by atoms with Gasteiger partial charge in [-0.2, -0.15) is 10.2 Å². The van der Waals surface area contributed by atoms with E-state index in [1.54, 1.807) is 34.2 Å². The van der Waals surface area contributed by atoms with Crippen molar-refractivity contribution < 1.29 is 4.79 Å². The maximum atomic E-state index is 11.3. The van der Waals surface area contributed by atoms with Gasteiger partial charge in [-0.1, -0.05) is 6.07 Å². The Bertz CT molecular complexity index is 964. The van der Waals surface area contributed by atoms with Crippen molar-refractivity contribution in [2.75, 3.05) is 16.9 Å². The lowest BCUT2D eigenvalue weighted by Gasteiger charge is -2.12. The second-order valence-corrected chi connectivity index (χ2v) is 5.44. The maximum absolute atomic E-state index is 11.3. The number of rotatable bonds is 4. The number of hydrogen-bond acceptors (Lipinski definition) is 8. The van der Waals surface area contributed by atoms with Gasteiger partial charge in [-0.15, -0.1) is 0 Å². The lowest BCUT2D eigenvalue weighted by Crippen LogP contribution is -2.18. The van der Waals surface area contributed by atoms with Gasteiger partial charge in [-0.3, -0.25) is 9.48 Å². The van der Waals surface area contributed by atoms with Crippen molar-refractivity contribution in [1.29, 1.82) is 0 Å². The molecule has 0 fully saturated rings. The third kappa shape index (κ3) is 3.20. The number of Topliss-reactive ketones (excluding diaryl/α,β-unsaturated/α-hetero) is 1. The highest BCUT2D eigenvalue weighted by molar-refractivity contribution is 6.31. The quantitative estimate of drug-likeness (QED) is 0.769. The van der Waals surface area contributed by atoms with Gasteiger partial charge in [0.2, 0.25) is 5.95 Å². The second-order valence-electron chi connectivity index (χ2n) is 5.44. The molecule has 124 valence electrons. The van der Waals surface area contributed by atoms with Gasteiger partial charge in [0.25, 0.3) is 0 Å². The summed E-state index contributed by atoms with van der Waals surface area (Å²) in [5.41, 5.74) is 2.13. The number of nitrogens with one attached hydrogen (secondary N) is 1. The highest BCUT2D eigenvalue weighted by Gasteiger charge is 2.17. The van der Waals surface area contributed by atoms with Crippen LogP contribution in [0.4, 0.5) is 17.5 Å². The van der Waals surface area contributed by atoms with Crippen molar-refractivity contribution in [3.05, 3.63) is 42.9 Å². The number of pyridine rings is 1. The van der Waals surface area contributed by atoms with Gasteiger partial charge in [0.05, 0.1) is 29.5 Å². The highest BCUT2D eigenvalue weighted by atomic mass is 16.1. The lowest BCUT2D eigenvalue weighted by molar-refractivity contribution is -0.110. The molecule has 0 bridgehead atoms. The fourth-order valence-electron chi connectivity index (χ4n) is 2.39. The molecule has 0 aliphatic carbocycles. The van der Waals surface area contributed by atoms with Crippen LogP contribution in [0.1, 0.15) is 0 Å². The molecule has 0 saturated heterocycles. The predicted molar refractivity (Wildman–Crippen MR) is 92.6 cm³/mol. The molecule has 4 heterocycles. The molecule has 25 heavy (non-hydrogen) atoms. The summed E-state index contributed by atoms with van der Waals surface area (Å²) < 4.78 is 1.69. The van der Waals surface area contributed by atoms with Crippen LogP contribution in [0.2, 0.25) is 0 Å². The first-order valence-corrected chi connectivity index (χ1v) is 7.58. The standard InChI is InChI=1S/C16H14N8O/c1-23-9-11(7-18-23)20-16-17-6-5-14(22-16)13-3-2-4-15(21-13)24-10-12(25)8-19-24/h2-9H,10H2,1H3,(H,17,20,22). The number of aromatic nitrogens is 5. The van der Waals surface area contributed by atoms with Gasteiger partial charge in [0, 0.05) is 19.4 Å². The molecular formula is C16H14N8O. The molecule has 0 amide bonds. The Morgan fingerprint density at radius 1 is 1.16 bits per heavy atom. The van der Waals surface area contributed by atoms with Crippen LogP contribution in [0.15, 0.2) is 48.0 Å². The molecule has 0 aromatic carbocycles. The van der Waals surface area contributed by atoms with E-state index in [1.807, 2.05) is 25.4 Å². The van der Waals surface area contributed by atoms with Crippen molar-refractivity contribution in [2.45, 2.75) is 0 Å². The van der Waals surface area contributed by atoms with E-state index in [0.717, 1.165) is 5.69 Å². The molecule has 1 aliphatic heterocycles. The normalized spacial score (nSPS) is 13.5. The Labute approximate surface area is 143 Å². The Morgan fingerprint density at radius 3 is 2.80 bits per heavy atom. The first-order valence-electron chi connectivity index (χ1n) is 7.58. The van der Waals surface area contributed by atoms with Gasteiger partial charge in [0.1, 0.15) is 12.4 Å². The number of carbonyl (C=O) groups excluding carboxylic acids is 1. The summed E-state index contributed by atoms with van der Waals surface area (Å²) in [4.78, 5) is 24.6. The minimum Gasteiger partial charge on any atom is -0.321 e. The van der Waals surface area contributed by atoms with E-state index in [0.29, 0.717) is 23.2 Å². The number of anilines is 3. The summed E-state index contributed by atoms with van der Waals surface area (Å²) in [7, 11) is 1.84. The van der Waals surface area contributed by atoms with Crippen molar-refractivity contribution >= 4 is 29.5 Å². The zero-order valence-corrected chi connectivity index (χ0v) is 13.4. The number of hydrogen-bond donors (Lipinski definition) is 1. The molecule has 3 aromatic rings. The van der Waals surface area contributed by atoms with Gasteiger partial charge in [-0.05, 0) is 18.2 Å². The third-order valence-electron chi connectivity index (χ3n) is 3.52. The highest BCUT2D eigenvalue weighted by Crippen LogP contribution is 2.21. The summed E-state index contributed by atoms with van der Waals surface area (Å²) in [6.45, 7) is 0.202. The van der Waals surface area contributed by atoms with E-state index in [4.69, 9.17) is 0 Å². The summed E-state index contributed by atoms with van der Waals surface area (Å²) in [5.74, 6) is 1.00. The van der Waals surface area contributed by atoms with Crippen molar-refractivity contribution in [2.24, 2.45) is 12.1 Å². The van der Waals surface area contributed by atoms with Crippen molar-refractivity contribution in [1.82, 2.24) is 24.7 Å². The average Bonchev–Trinajstić information content (AvgIpc) is 3.24. The molecule has 1 aliphatic rings. The van der Waals surface area contributed by atoms with Gasteiger partial charge < -0.3 is 5.32 Å². The van der Waals surface area contributed by atoms with Crippen LogP contribution >= 0.6 is 0 Å². The molecule has 3 aromatic heterocycles. The monoisotopic (exact) mass is 334 g/mol. The van der Waals surface area contributed by atoms with Gasteiger partial charge in [-0.25, -0.2) is 20.0 Å². The van der Waals surface area contributed by atoms with E-state index in [2.05, 4.69) is 30.5 Å². The van der Waals surface area contributed by atoms with Crippen LogP contribution in [-0.2, 0) is 11.8 Å². The third-order valence-corrected chi connectivity index (χ3v) is 3.52. The van der Waals surface area contributed by atoms with E-state index in [1.165, 1.54) is 6.21 Å². The molecule has 9 nitrogen and oxygen atoms in total. The zero-order valence-electron chi connectivity index (χ0n) is 13.4. The van der Waals surface area contributed by atoms with Crippen LogP contribution < -0.4 is 10.3 Å². The second kappa shape index (κ2) is 6.11. The molecule has 0 unspecified atom stereocenters. The van der Waals surface area contributed by atoms with E-state index >= 15 is 0 Å². The Kier molecular flexibility index (Phi) is 3.65. The molecule has 4 rings (SSSR count). The predicted octanol–water partition coefficient (Wildman–Crippen LogP) is 1.39. The summed E-state index contributed by atoms with van der Waals surface area (Å²) in [6, 6.07) is 7.28. The molecule has 0 saturated carbocycles. The number of nitrogens with zero attached hydrogens (tertiary/aromatic N) is 7. The fourth-order valence-corrected chi connectivity index (χ4v) is 2.39. The number of carbonyl (C=O) groups is 1. The SMILES string of the molecule is Cn1cc(Nc2nccc(-c3cccc(N4CC(=O)C=N4)n3)n2)cn1. The smallest absolute Gasteiger partial charge is 0.227 e. The van der Waals surface area contributed by atoms with Gasteiger partial charge in [0.15, 0.2) is 5.78 Å². The first-order chi connectivity index (χ1) is 12.2. The number of hydrazone groups is 1.